The molecule has 0 N–H and O–H groups in total. The van der Waals surface area contributed by atoms with Gasteiger partial charge in [0.05, 0.1) is 20.2 Å². The third-order valence-electron chi connectivity index (χ3n) is 5.83. The predicted molar refractivity (Wildman–Crippen MR) is 106 cm³/mol. The first kappa shape index (κ1) is 18.9. The second-order valence-electron chi connectivity index (χ2n) is 7.31. The summed E-state index contributed by atoms with van der Waals surface area (Å²) in [4.78, 5) is 35.8. The summed E-state index contributed by atoms with van der Waals surface area (Å²) in [6.45, 7) is 2.64. The van der Waals surface area contributed by atoms with Gasteiger partial charge in [0, 0.05) is 31.7 Å². The number of nitrogens with zero attached hydrogens (tertiary/aromatic N) is 4. The van der Waals surface area contributed by atoms with Crippen molar-refractivity contribution in [2.24, 2.45) is 0 Å². The zero-order valence-electron chi connectivity index (χ0n) is 16.1. The number of carbonyl (C=O) groups is 2. The van der Waals surface area contributed by atoms with Crippen LogP contribution in [0.3, 0.4) is 0 Å². The van der Waals surface area contributed by atoms with Gasteiger partial charge in [-0.3, -0.25) is 14.6 Å². The van der Waals surface area contributed by atoms with Crippen molar-refractivity contribution in [1.29, 1.82) is 0 Å². The lowest BCUT2D eigenvalue weighted by Gasteiger charge is -2.40. The number of likely N-dealkylation sites (N-methyl/N-ethyl adjacent to an activating group) is 1. The van der Waals surface area contributed by atoms with Gasteiger partial charge in [-0.05, 0) is 30.5 Å². The van der Waals surface area contributed by atoms with Gasteiger partial charge in [-0.25, -0.2) is 9.78 Å². The van der Waals surface area contributed by atoms with Gasteiger partial charge in [-0.15, -0.1) is 11.3 Å². The number of hydrogen-bond donors (Lipinski definition) is 0. The molecule has 0 unspecified atom stereocenters. The molecule has 4 rings (SSSR count). The van der Waals surface area contributed by atoms with Crippen LogP contribution < -0.4 is 4.74 Å². The van der Waals surface area contributed by atoms with Crippen molar-refractivity contribution in [3.05, 3.63) is 46.4 Å². The van der Waals surface area contributed by atoms with E-state index >= 15 is 0 Å². The first-order valence-corrected chi connectivity index (χ1v) is 10.2. The topological polar surface area (TPSA) is 66.0 Å². The highest BCUT2D eigenvalue weighted by molar-refractivity contribution is 7.09. The van der Waals surface area contributed by atoms with E-state index < -0.39 is 5.54 Å². The second kappa shape index (κ2) is 7.52. The highest BCUT2D eigenvalue weighted by atomic mass is 32.1. The van der Waals surface area contributed by atoms with Crippen LogP contribution in [-0.2, 0) is 17.9 Å². The summed E-state index contributed by atoms with van der Waals surface area (Å²) in [6, 6.07) is 7.25. The largest absolute Gasteiger partial charge is 0.497 e. The molecule has 1 spiro atoms. The molecule has 0 aliphatic carbocycles. The van der Waals surface area contributed by atoms with E-state index in [0.29, 0.717) is 12.8 Å². The number of methoxy groups -OCH3 is 1. The quantitative estimate of drug-likeness (QED) is 0.722. The van der Waals surface area contributed by atoms with E-state index in [0.717, 1.165) is 36.0 Å². The van der Waals surface area contributed by atoms with E-state index in [-0.39, 0.29) is 18.5 Å². The van der Waals surface area contributed by atoms with Crippen molar-refractivity contribution in [3.63, 3.8) is 0 Å². The minimum atomic E-state index is -0.719. The van der Waals surface area contributed by atoms with Crippen molar-refractivity contribution < 1.29 is 14.3 Å². The summed E-state index contributed by atoms with van der Waals surface area (Å²) in [5.74, 6) is 0.675. The number of hydrogen-bond acceptors (Lipinski definition) is 6. The highest BCUT2D eigenvalue weighted by Gasteiger charge is 2.56. The maximum absolute atomic E-state index is 13.3. The number of imide groups is 1. The van der Waals surface area contributed by atoms with Gasteiger partial charge in [0.25, 0.3) is 5.91 Å². The number of urea groups is 1. The molecule has 1 aromatic heterocycles. The van der Waals surface area contributed by atoms with Gasteiger partial charge in [0.2, 0.25) is 0 Å². The number of carbonyl (C=O) groups excluding carboxylic acids is 2. The molecule has 2 aromatic rings. The smallest absolute Gasteiger partial charge is 0.327 e. The molecule has 148 valence electrons. The fraction of sp³-hybridized carbons (Fsp3) is 0.450. The standard InChI is InChI=1S/C20H24N4O3S/c1-22-19(26)24(13-15-3-5-16(27-2)6-4-15)18(25)20(22)7-10-23(11-8-20)14-17-21-9-12-28-17/h3-6,9,12H,7-8,10-11,13-14H2,1-2H3. The molecule has 2 fully saturated rings. The zero-order valence-corrected chi connectivity index (χ0v) is 16.9. The van der Waals surface area contributed by atoms with Crippen LogP contribution in [0.1, 0.15) is 23.4 Å². The molecule has 3 amide bonds. The monoisotopic (exact) mass is 400 g/mol. The molecule has 0 radical (unpaired) electrons. The Hall–Kier alpha value is -2.45. The lowest BCUT2D eigenvalue weighted by atomic mass is 9.86. The van der Waals surface area contributed by atoms with E-state index in [9.17, 15) is 9.59 Å². The third kappa shape index (κ3) is 3.27. The molecule has 1 aromatic carbocycles. The van der Waals surface area contributed by atoms with Crippen molar-refractivity contribution in [1.82, 2.24) is 19.7 Å². The van der Waals surface area contributed by atoms with Gasteiger partial charge in [-0.2, -0.15) is 0 Å². The Morgan fingerprint density at radius 2 is 1.86 bits per heavy atom. The van der Waals surface area contributed by atoms with Crippen LogP contribution in [0, 0.1) is 0 Å². The van der Waals surface area contributed by atoms with Crippen molar-refractivity contribution in [3.8, 4) is 5.75 Å². The van der Waals surface area contributed by atoms with Crippen molar-refractivity contribution in [2.45, 2.75) is 31.5 Å². The van der Waals surface area contributed by atoms with Crippen molar-refractivity contribution >= 4 is 23.3 Å². The molecule has 0 atom stereocenters. The predicted octanol–water partition coefficient (Wildman–Crippen LogP) is 2.58. The number of piperidine rings is 1. The molecule has 3 heterocycles. The Bertz CT molecular complexity index is 845. The van der Waals surface area contributed by atoms with E-state index in [1.165, 1.54) is 4.90 Å². The average Bonchev–Trinajstić information content (AvgIpc) is 3.29. The van der Waals surface area contributed by atoms with E-state index in [1.54, 1.807) is 30.4 Å². The Labute approximate surface area is 168 Å². The van der Waals surface area contributed by atoms with Gasteiger partial charge in [0.1, 0.15) is 16.3 Å². The zero-order chi connectivity index (χ0) is 19.7. The summed E-state index contributed by atoms with van der Waals surface area (Å²) in [6.07, 6.45) is 3.12. The molecule has 2 aliphatic rings. The number of amides is 3. The van der Waals surface area contributed by atoms with E-state index in [4.69, 9.17) is 4.74 Å². The first-order valence-electron chi connectivity index (χ1n) is 9.37. The van der Waals surface area contributed by atoms with Crippen LogP contribution in [-0.4, -0.2) is 64.4 Å². The van der Waals surface area contributed by atoms with Crippen LogP contribution >= 0.6 is 11.3 Å². The van der Waals surface area contributed by atoms with Gasteiger partial charge in [-0.1, -0.05) is 12.1 Å². The summed E-state index contributed by atoms with van der Waals surface area (Å²) in [7, 11) is 3.37. The first-order chi connectivity index (χ1) is 13.5. The maximum atomic E-state index is 13.3. The summed E-state index contributed by atoms with van der Waals surface area (Å²) in [5.41, 5.74) is 0.192. The number of benzene rings is 1. The molecule has 8 heteroatoms. The van der Waals surface area contributed by atoms with Gasteiger partial charge < -0.3 is 9.64 Å². The normalized spacial score (nSPS) is 19.6. The van der Waals surface area contributed by atoms with E-state index in [1.807, 2.05) is 35.8 Å². The van der Waals surface area contributed by atoms with Gasteiger partial charge >= 0.3 is 6.03 Å². The molecule has 0 saturated carbocycles. The van der Waals surface area contributed by atoms with Crippen molar-refractivity contribution in [2.75, 3.05) is 27.2 Å². The number of aromatic nitrogens is 1. The SMILES string of the molecule is COc1ccc(CN2C(=O)N(C)C3(CCN(Cc4nccs4)CC3)C2=O)cc1. The maximum Gasteiger partial charge on any atom is 0.327 e. The third-order valence-corrected chi connectivity index (χ3v) is 6.59. The summed E-state index contributed by atoms with van der Waals surface area (Å²) < 4.78 is 5.17. The molecule has 7 nitrogen and oxygen atoms in total. The van der Waals surface area contributed by atoms with Crippen LogP contribution in [0.15, 0.2) is 35.8 Å². The second-order valence-corrected chi connectivity index (χ2v) is 8.29. The number of likely N-dealkylation sites (tertiary alicyclic amines) is 1. The Morgan fingerprint density at radius 1 is 1.14 bits per heavy atom. The summed E-state index contributed by atoms with van der Waals surface area (Å²) >= 11 is 1.64. The Kier molecular flexibility index (Phi) is 5.07. The number of rotatable bonds is 5. The Morgan fingerprint density at radius 3 is 2.46 bits per heavy atom. The van der Waals surface area contributed by atoms with E-state index in [2.05, 4.69) is 9.88 Å². The van der Waals surface area contributed by atoms with Crippen LogP contribution in [0.5, 0.6) is 5.75 Å². The number of ether oxygens (including phenoxy) is 1. The Balaban J connectivity index is 1.45. The van der Waals surface area contributed by atoms with Gasteiger partial charge in [0.15, 0.2) is 0 Å². The fourth-order valence-corrected chi connectivity index (χ4v) is 4.71. The van der Waals surface area contributed by atoms with Crippen LogP contribution in [0.25, 0.3) is 0 Å². The van der Waals surface area contributed by atoms with Crippen LogP contribution in [0.2, 0.25) is 0 Å². The molecular formula is C20H24N4O3S. The lowest BCUT2D eigenvalue weighted by molar-refractivity contribution is -0.135. The minimum absolute atomic E-state index is 0.0790. The highest BCUT2D eigenvalue weighted by Crippen LogP contribution is 2.37. The average molecular weight is 401 g/mol. The summed E-state index contributed by atoms with van der Waals surface area (Å²) in [5, 5.41) is 3.06. The number of thiazole rings is 1. The lowest BCUT2D eigenvalue weighted by Crippen LogP contribution is -2.55. The molecule has 2 saturated heterocycles. The molecule has 28 heavy (non-hydrogen) atoms. The fourth-order valence-electron chi connectivity index (χ4n) is 4.05. The molecule has 0 bridgehead atoms. The minimum Gasteiger partial charge on any atom is -0.497 e. The molecule has 2 aliphatic heterocycles. The van der Waals surface area contributed by atoms with Crippen LogP contribution in [0.4, 0.5) is 4.79 Å². The molecular weight excluding hydrogens is 376 g/mol.